The van der Waals surface area contributed by atoms with Gasteiger partial charge in [0.15, 0.2) is 14.1 Å². The van der Waals surface area contributed by atoms with Crippen LogP contribution in [0, 0.1) is 23.7 Å². The van der Waals surface area contributed by atoms with Crippen molar-refractivity contribution in [2.45, 2.75) is 124 Å². The zero-order valence-electron chi connectivity index (χ0n) is 38.5. The van der Waals surface area contributed by atoms with Gasteiger partial charge in [0.05, 0.1) is 32.0 Å². The van der Waals surface area contributed by atoms with Gasteiger partial charge >= 0.3 is 0 Å². The molecule has 0 saturated heterocycles. The third-order valence-electron chi connectivity index (χ3n) is 12.5. The summed E-state index contributed by atoms with van der Waals surface area (Å²) in [5.74, 6) is 0.506. The minimum atomic E-state index is -2.77. The van der Waals surface area contributed by atoms with Crippen molar-refractivity contribution >= 4 is 32.8 Å². The first-order valence-electron chi connectivity index (χ1n) is 21.1. The summed E-state index contributed by atoms with van der Waals surface area (Å²) < 4.78 is 38.2. The smallest absolute Gasteiger partial charge is 0.261 e. The summed E-state index contributed by atoms with van der Waals surface area (Å²) in [7, 11) is 0.0859. The molecule has 0 saturated carbocycles. The van der Waals surface area contributed by atoms with Crippen LogP contribution in [0.15, 0.2) is 97.1 Å². The molecule has 0 N–H and O–H groups in total. The van der Waals surface area contributed by atoms with Crippen LogP contribution in [0.3, 0.4) is 0 Å². The minimum absolute atomic E-state index is 0.00127. The molecule has 9 heteroatoms. The summed E-state index contributed by atoms with van der Waals surface area (Å²) in [6.07, 6.45) is 3.72. The van der Waals surface area contributed by atoms with Crippen LogP contribution in [0.25, 0.3) is 0 Å². The molecule has 0 aliphatic rings. The maximum absolute atomic E-state index is 13.6. The van der Waals surface area contributed by atoms with Crippen LogP contribution >= 0.6 is 0 Å². The average Bonchev–Trinajstić information content (AvgIpc) is 3.19. The Bertz CT molecular complexity index is 1630. The first-order valence-corrected chi connectivity index (χ1v) is 26.0. The lowest BCUT2D eigenvalue weighted by Crippen LogP contribution is -2.67. The standard InChI is InChI=1S/C49H76O7Si2/c1-36(26-31-44(50)38(3)45(52-12)32-33-54-35-40-27-29-41(51-11)30-28-40)46(53-13)39(4)47(56-57(14,15)48(5,6)7)37(2)34-55-58(49(8,9)10,42-22-18-16-19-23-42)43-24-20-17-21-25-43/h16-31,36-39,45-47H,32-35H2,1-15H3/b31-26+/t36-,37-,38-,39-,45+,46-,47-/m0/s1. The molecule has 322 valence electrons. The number of carbonyl (C=O) groups is 1. The summed E-state index contributed by atoms with van der Waals surface area (Å²) in [6.45, 7) is 28.6. The van der Waals surface area contributed by atoms with Gasteiger partial charge in [0.25, 0.3) is 8.32 Å². The molecule has 0 spiro atoms. The van der Waals surface area contributed by atoms with E-state index in [1.807, 2.05) is 37.3 Å². The Morgan fingerprint density at radius 3 is 1.74 bits per heavy atom. The lowest BCUT2D eigenvalue weighted by atomic mass is 9.84. The summed E-state index contributed by atoms with van der Waals surface area (Å²) in [6, 6.07) is 29.5. The molecule has 0 radical (unpaired) electrons. The number of ketones is 1. The molecule has 7 nitrogen and oxygen atoms in total. The van der Waals surface area contributed by atoms with E-state index in [1.165, 1.54) is 10.4 Å². The molecule has 3 rings (SSSR count). The predicted octanol–water partition coefficient (Wildman–Crippen LogP) is 10.3. The topological polar surface area (TPSA) is 72.5 Å². The summed E-state index contributed by atoms with van der Waals surface area (Å²) in [4.78, 5) is 13.6. The van der Waals surface area contributed by atoms with E-state index >= 15 is 0 Å². The lowest BCUT2D eigenvalue weighted by molar-refractivity contribution is -0.122. The van der Waals surface area contributed by atoms with Gasteiger partial charge in [0.2, 0.25) is 0 Å². The molecular formula is C49H76O7Si2. The number of benzene rings is 3. The van der Waals surface area contributed by atoms with Gasteiger partial charge < -0.3 is 27.8 Å². The number of ether oxygens (including phenoxy) is 4. The Morgan fingerprint density at radius 2 is 1.28 bits per heavy atom. The van der Waals surface area contributed by atoms with Crippen LogP contribution < -0.4 is 15.1 Å². The monoisotopic (exact) mass is 833 g/mol. The number of allylic oxidation sites excluding steroid dienone is 1. The first-order chi connectivity index (χ1) is 27.2. The molecule has 0 unspecified atom stereocenters. The zero-order valence-corrected chi connectivity index (χ0v) is 40.5. The predicted molar refractivity (Wildman–Crippen MR) is 245 cm³/mol. The molecule has 0 aliphatic heterocycles. The number of rotatable bonds is 23. The highest BCUT2D eigenvalue weighted by molar-refractivity contribution is 6.99. The second-order valence-corrected chi connectivity index (χ2v) is 27.8. The third-order valence-corrected chi connectivity index (χ3v) is 21.9. The van der Waals surface area contributed by atoms with Crippen molar-refractivity contribution in [1.82, 2.24) is 0 Å². The molecule has 3 aromatic rings. The molecule has 58 heavy (non-hydrogen) atoms. The van der Waals surface area contributed by atoms with E-state index in [0.29, 0.717) is 26.2 Å². The summed E-state index contributed by atoms with van der Waals surface area (Å²) >= 11 is 0. The quantitative estimate of drug-likeness (QED) is 0.0535. The Labute approximate surface area is 354 Å². The van der Waals surface area contributed by atoms with Crippen LogP contribution in [0.4, 0.5) is 0 Å². The molecule has 3 aromatic carbocycles. The van der Waals surface area contributed by atoms with Gasteiger partial charge in [-0.05, 0) is 63.7 Å². The van der Waals surface area contributed by atoms with Crippen molar-refractivity contribution in [3.05, 3.63) is 103 Å². The summed E-state index contributed by atoms with van der Waals surface area (Å²) in [5.41, 5.74) is 1.07. The number of hydrogen-bond acceptors (Lipinski definition) is 7. The lowest BCUT2D eigenvalue weighted by Gasteiger charge is -2.47. The van der Waals surface area contributed by atoms with Crippen molar-refractivity contribution < 1.29 is 32.6 Å². The van der Waals surface area contributed by atoms with Crippen molar-refractivity contribution in [2.75, 3.05) is 34.5 Å². The van der Waals surface area contributed by atoms with Crippen molar-refractivity contribution in [2.24, 2.45) is 23.7 Å². The van der Waals surface area contributed by atoms with Crippen LogP contribution in [0.1, 0.15) is 81.2 Å². The highest BCUT2D eigenvalue weighted by Gasteiger charge is 2.51. The second-order valence-electron chi connectivity index (χ2n) is 18.7. The van der Waals surface area contributed by atoms with Gasteiger partial charge in [-0.2, -0.15) is 0 Å². The third kappa shape index (κ3) is 12.8. The number of methoxy groups -OCH3 is 3. The van der Waals surface area contributed by atoms with Crippen LogP contribution in [0.2, 0.25) is 23.2 Å². The second kappa shape index (κ2) is 22.1. The van der Waals surface area contributed by atoms with Gasteiger partial charge in [-0.1, -0.05) is 148 Å². The molecular weight excluding hydrogens is 757 g/mol. The van der Waals surface area contributed by atoms with E-state index in [9.17, 15) is 4.79 Å². The van der Waals surface area contributed by atoms with Gasteiger partial charge in [-0.15, -0.1) is 0 Å². The largest absolute Gasteiger partial charge is 0.497 e. The Hall–Kier alpha value is -2.90. The maximum Gasteiger partial charge on any atom is 0.261 e. The van der Waals surface area contributed by atoms with E-state index < -0.39 is 16.6 Å². The molecule has 0 amide bonds. The fourth-order valence-corrected chi connectivity index (χ4v) is 14.0. The highest BCUT2D eigenvalue weighted by Crippen LogP contribution is 2.42. The van der Waals surface area contributed by atoms with Crippen LogP contribution in [-0.4, -0.2) is 75.3 Å². The molecule has 7 atom stereocenters. The Kier molecular flexibility index (Phi) is 18.8. The number of carbonyl (C=O) groups excluding carboxylic acids is 1. The molecule has 0 bridgehead atoms. The SMILES string of the molecule is COc1ccc(COCC[C@@H](OC)[C@@H](C)C(=O)/C=C/[C@H](C)[C@H](OC)[C@H](C)[C@@H](O[Si](C)(C)C(C)(C)C)[C@@H](C)CO[Si](c2ccccc2)(c2ccccc2)C(C)(C)C)cc1. The van der Waals surface area contributed by atoms with Gasteiger partial charge in [-0.3, -0.25) is 4.79 Å². The first kappa shape index (κ1) is 49.5. The minimum Gasteiger partial charge on any atom is -0.497 e. The Morgan fingerprint density at radius 1 is 0.724 bits per heavy atom. The molecule has 0 heterocycles. The van der Waals surface area contributed by atoms with Crippen molar-refractivity contribution in [3.63, 3.8) is 0 Å². The molecule has 0 fully saturated rings. The van der Waals surface area contributed by atoms with E-state index in [-0.39, 0.29) is 57.8 Å². The zero-order chi connectivity index (χ0) is 43.3. The van der Waals surface area contributed by atoms with E-state index in [4.69, 9.17) is 27.8 Å². The summed E-state index contributed by atoms with van der Waals surface area (Å²) in [5, 5.41) is 2.40. The van der Waals surface area contributed by atoms with E-state index in [2.05, 4.69) is 136 Å². The molecule has 0 aliphatic carbocycles. The van der Waals surface area contributed by atoms with Gasteiger partial charge in [0.1, 0.15) is 5.75 Å². The maximum atomic E-state index is 13.6. The van der Waals surface area contributed by atoms with Crippen molar-refractivity contribution in [1.29, 1.82) is 0 Å². The van der Waals surface area contributed by atoms with Crippen molar-refractivity contribution in [3.8, 4) is 5.75 Å². The fraction of sp³-hybridized carbons (Fsp3) is 0.571. The Balaban J connectivity index is 1.82. The highest BCUT2D eigenvalue weighted by atomic mass is 28.4. The van der Waals surface area contributed by atoms with Crippen LogP contribution in [0.5, 0.6) is 5.75 Å². The van der Waals surface area contributed by atoms with Crippen LogP contribution in [-0.2, 0) is 34.5 Å². The van der Waals surface area contributed by atoms with Gasteiger partial charge in [0, 0.05) is 51.1 Å². The fourth-order valence-electron chi connectivity index (χ4n) is 7.84. The average molecular weight is 833 g/mol. The molecule has 0 aromatic heterocycles. The normalized spacial score (nSPS) is 16.7. The van der Waals surface area contributed by atoms with E-state index in [0.717, 1.165) is 11.3 Å². The number of hydrogen-bond donors (Lipinski definition) is 0. The van der Waals surface area contributed by atoms with Gasteiger partial charge in [-0.25, -0.2) is 0 Å². The van der Waals surface area contributed by atoms with E-state index in [1.54, 1.807) is 27.4 Å².